The van der Waals surface area contributed by atoms with Crippen LogP contribution in [-0.2, 0) is 7.05 Å². The fraction of sp³-hybridized carbons (Fsp3) is 0.143. The first-order valence-corrected chi connectivity index (χ1v) is 7.28. The first-order chi connectivity index (χ1) is 10.2. The van der Waals surface area contributed by atoms with Crippen molar-refractivity contribution in [2.45, 2.75) is 6.92 Å². The molecule has 3 aromatic heterocycles. The van der Waals surface area contributed by atoms with Gasteiger partial charge in [0.2, 0.25) is 5.82 Å². The summed E-state index contributed by atoms with van der Waals surface area (Å²) in [6, 6.07) is 7.83. The minimum atomic E-state index is 0.556. The topological polar surface area (TPSA) is 69.6 Å². The van der Waals surface area contributed by atoms with Gasteiger partial charge in [-0.05, 0) is 42.1 Å². The zero-order valence-electron chi connectivity index (χ0n) is 11.4. The molecule has 104 valence electrons. The van der Waals surface area contributed by atoms with Crippen LogP contribution in [0.25, 0.3) is 33.2 Å². The van der Waals surface area contributed by atoms with Gasteiger partial charge < -0.3 is 4.52 Å². The molecule has 0 fully saturated rings. The third kappa shape index (κ3) is 1.93. The fourth-order valence-corrected chi connectivity index (χ4v) is 3.04. The van der Waals surface area contributed by atoms with Crippen molar-refractivity contribution in [2.24, 2.45) is 7.05 Å². The smallest absolute Gasteiger partial charge is 0.268 e. The average molecular weight is 297 g/mol. The van der Waals surface area contributed by atoms with Crippen LogP contribution in [0.5, 0.6) is 0 Å². The second-order valence-corrected chi connectivity index (χ2v) is 5.69. The maximum Gasteiger partial charge on any atom is 0.268 e. The molecule has 0 bridgehead atoms. The molecule has 0 radical (unpaired) electrons. The van der Waals surface area contributed by atoms with Crippen LogP contribution in [0.3, 0.4) is 0 Å². The fourth-order valence-electron chi connectivity index (χ4n) is 2.19. The zero-order valence-corrected chi connectivity index (χ0v) is 12.3. The summed E-state index contributed by atoms with van der Waals surface area (Å²) in [5.41, 5.74) is 3.81. The van der Waals surface area contributed by atoms with E-state index in [4.69, 9.17) is 4.52 Å². The van der Waals surface area contributed by atoms with E-state index in [1.54, 1.807) is 16.0 Å². The van der Waals surface area contributed by atoms with Gasteiger partial charge in [-0.3, -0.25) is 0 Å². The Kier molecular flexibility index (Phi) is 2.61. The maximum atomic E-state index is 5.38. The van der Waals surface area contributed by atoms with Crippen molar-refractivity contribution in [1.29, 1.82) is 0 Å². The molecular weight excluding hydrogens is 286 g/mol. The molecule has 0 aliphatic rings. The highest BCUT2D eigenvalue weighted by Gasteiger charge is 2.14. The van der Waals surface area contributed by atoms with E-state index in [-0.39, 0.29) is 0 Å². The molecule has 7 heteroatoms. The summed E-state index contributed by atoms with van der Waals surface area (Å²) in [5.74, 6) is 1.13. The van der Waals surface area contributed by atoms with Crippen LogP contribution >= 0.6 is 11.3 Å². The average Bonchev–Trinajstić information content (AvgIpc) is 3.19. The Hall–Kier alpha value is -2.54. The normalized spacial score (nSPS) is 11.3. The van der Waals surface area contributed by atoms with Gasteiger partial charge in [0.15, 0.2) is 0 Å². The third-order valence-electron chi connectivity index (χ3n) is 3.35. The lowest BCUT2D eigenvalue weighted by Crippen LogP contribution is -1.90. The zero-order chi connectivity index (χ0) is 14.4. The van der Waals surface area contributed by atoms with Gasteiger partial charge in [-0.1, -0.05) is 10.4 Å². The number of rotatable bonds is 2. The molecule has 0 saturated heterocycles. The number of hydrogen-bond acceptors (Lipinski definition) is 6. The van der Waals surface area contributed by atoms with Crippen molar-refractivity contribution in [3.63, 3.8) is 0 Å². The van der Waals surface area contributed by atoms with E-state index in [0.717, 1.165) is 27.0 Å². The molecule has 0 amide bonds. The van der Waals surface area contributed by atoms with Crippen molar-refractivity contribution in [3.8, 4) is 22.2 Å². The summed E-state index contributed by atoms with van der Waals surface area (Å²) in [4.78, 5) is 5.50. The van der Waals surface area contributed by atoms with Crippen molar-refractivity contribution < 1.29 is 4.52 Å². The van der Waals surface area contributed by atoms with E-state index in [9.17, 15) is 0 Å². The summed E-state index contributed by atoms with van der Waals surface area (Å²) in [6.07, 6.45) is 0. The molecule has 4 rings (SSSR count). The highest BCUT2D eigenvalue weighted by atomic mass is 32.1. The number of fused-ring (bicyclic) bond motifs is 1. The van der Waals surface area contributed by atoms with Crippen LogP contribution in [0, 0.1) is 6.92 Å². The van der Waals surface area contributed by atoms with Gasteiger partial charge in [0, 0.05) is 12.6 Å². The van der Waals surface area contributed by atoms with Crippen LogP contribution < -0.4 is 0 Å². The van der Waals surface area contributed by atoms with Gasteiger partial charge in [-0.2, -0.15) is 4.98 Å². The van der Waals surface area contributed by atoms with E-state index < -0.39 is 0 Å². The highest BCUT2D eigenvalue weighted by molar-refractivity contribution is 7.13. The molecule has 0 unspecified atom stereocenters. The molecule has 0 aliphatic heterocycles. The Morgan fingerprint density at radius 2 is 2.14 bits per heavy atom. The van der Waals surface area contributed by atoms with Gasteiger partial charge in [-0.25, -0.2) is 4.68 Å². The maximum absolute atomic E-state index is 5.38. The molecule has 0 spiro atoms. The lowest BCUT2D eigenvalue weighted by molar-refractivity contribution is 0.433. The first-order valence-electron chi connectivity index (χ1n) is 6.40. The second kappa shape index (κ2) is 4.49. The highest BCUT2D eigenvalue weighted by Crippen LogP contribution is 2.29. The number of benzene rings is 1. The lowest BCUT2D eigenvalue weighted by Gasteiger charge is -1.95. The standard InChI is InChI=1S/C14H11N5OS/c1-8-5-6-21-12(8)14-15-13(17-20-14)9-3-4-10-11(7-9)19(2)18-16-10/h3-7H,1-2H3. The summed E-state index contributed by atoms with van der Waals surface area (Å²) < 4.78 is 7.10. The number of aromatic nitrogens is 5. The Bertz CT molecular complexity index is 936. The van der Waals surface area contributed by atoms with Crippen LogP contribution in [0.15, 0.2) is 34.2 Å². The van der Waals surface area contributed by atoms with Gasteiger partial charge in [0.25, 0.3) is 5.89 Å². The van der Waals surface area contributed by atoms with Crippen LogP contribution in [0.4, 0.5) is 0 Å². The molecule has 1 aromatic carbocycles. The Morgan fingerprint density at radius 1 is 1.24 bits per heavy atom. The molecule has 4 aromatic rings. The summed E-state index contributed by atoms with van der Waals surface area (Å²) in [6.45, 7) is 2.03. The molecule has 6 nitrogen and oxygen atoms in total. The number of thiophene rings is 1. The monoisotopic (exact) mass is 297 g/mol. The number of aryl methyl sites for hydroxylation is 2. The van der Waals surface area contributed by atoms with Crippen molar-refractivity contribution in [2.75, 3.05) is 0 Å². The second-order valence-electron chi connectivity index (χ2n) is 4.77. The third-order valence-corrected chi connectivity index (χ3v) is 4.36. The van der Waals surface area contributed by atoms with E-state index in [0.29, 0.717) is 11.7 Å². The Balaban J connectivity index is 1.80. The summed E-state index contributed by atoms with van der Waals surface area (Å²) >= 11 is 1.60. The first kappa shape index (κ1) is 12.2. The number of nitrogens with zero attached hydrogens (tertiary/aromatic N) is 5. The van der Waals surface area contributed by atoms with Gasteiger partial charge >= 0.3 is 0 Å². The van der Waals surface area contributed by atoms with E-state index >= 15 is 0 Å². The minimum absolute atomic E-state index is 0.556. The van der Waals surface area contributed by atoms with Crippen molar-refractivity contribution in [1.82, 2.24) is 25.1 Å². The van der Waals surface area contributed by atoms with Gasteiger partial charge in [0.1, 0.15) is 5.52 Å². The molecule has 0 aliphatic carbocycles. The van der Waals surface area contributed by atoms with E-state index in [1.165, 1.54) is 0 Å². The molecule has 0 saturated carbocycles. The van der Waals surface area contributed by atoms with Crippen molar-refractivity contribution in [3.05, 3.63) is 35.2 Å². The summed E-state index contributed by atoms with van der Waals surface area (Å²) in [7, 11) is 1.86. The van der Waals surface area contributed by atoms with E-state index in [1.807, 2.05) is 43.6 Å². The molecular formula is C14H11N5OS. The Labute approximate surface area is 124 Å². The van der Waals surface area contributed by atoms with Crippen LogP contribution in [0.1, 0.15) is 5.56 Å². The predicted octanol–water partition coefficient (Wildman–Crippen LogP) is 3.06. The van der Waals surface area contributed by atoms with Crippen LogP contribution in [0.2, 0.25) is 0 Å². The predicted molar refractivity (Wildman–Crippen MR) is 79.9 cm³/mol. The quantitative estimate of drug-likeness (QED) is 0.568. The van der Waals surface area contributed by atoms with Crippen LogP contribution in [-0.4, -0.2) is 25.1 Å². The summed E-state index contributed by atoms with van der Waals surface area (Å²) in [5, 5.41) is 14.1. The molecule has 3 heterocycles. The number of hydrogen-bond donors (Lipinski definition) is 0. The molecule has 21 heavy (non-hydrogen) atoms. The molecule has 0 N–H and O–H groups in total. The molecule has 0 atom stereocenters. The lowest BCUT2D eigenvalue weighted by atomic mass is 10.2. The largest absolute Gasteiger partial charge is 0.333 e. The minimum Gasteiger partial charge on any atom is -0.333 e. The SMILES string of the molecule is Cc1ccsc1-c1nc(-c2ccc3nnn(C)c3c2)no1. The van der Waals surface area contributed by atoms with E-state index in [2.05, 4.69) is 20.5 Å². The van der Waals surface area contributed by atoms with Gasteiger partial charge in [-0.15, -0.1) is 16.4 Å². The van der Waals surface area contributed by atoms with Crippen molar-refractivity contribution >= 4 is 22.4 Å². The Morgan fingerprint density at radius 3 is 2.95 bits per heavy atom. The van der Waals surface area contributed by atoms with Gasteiger partial charge in [0.05, 0.1) is 10.4 Å².